The summed E-state index contributed by atoms with van der Waals surface area (Å²) >= 11 is 6.49. The molecule has 0 aromatic heterocycles. The average molecular weight is 1070 g/mol. The highest BCUT2D eigenvalue weighted by atomic mass is 35.5. The second kappa shape index (κ2) is 26.7. The molecule has 3 unspecified atom stereocenters. The molecule has 1 aromatic rings. The van der Waals surface area contributed by atoms with Gasteiger partial charge in [0, 0.05) is 63.5 Å². The summed E-state index contributed by atoms with van der Waals surface area (Å²) in [6.45, 7) is 14.6. The van der Waals surface area contributed by atoms with Crippen molar-refractivity contribution in [3.8, 4) is 0 Å². The lowest BCUT2D eigenvalue weighted by molar-refractivity contribution is -0.265. The molecule has 7 rings (SSSR count). The van der Waals surface area contributed by atoms with Gasteiger partial charge in [0.1, 0.15) is 36.2 Å². The number of carbonyl (C=O) groups is 5. The van der Waals surface area contributed by atoms with Crippen LogP contribution in [-0.4, -0.2) is 144 Å². The number of hydrogen-bond donors (Lipinski definition) is 3. The van der Waals surface area contributed by atoms with Crippen molar-refractivity contribution >= 4 is 46.5 Å². The molecule has 2 saturated heterocycles. The van der Waals surface area contributed by atoms with Gasteiger partial charge in [-0.3, -0.25) is 24.0 Å². The highest BCUT2D eigenvalue weighted by Gasteiger charge is 2.53. The van der Waals surface area contributed by atoms with E-state index in [1.54, 1.807) is 41.1 Å². The summed E-state index contributed by atoms with van der Waals surface area (Å²) in [6, 6.07) is 4.13. The number of methoxy groups -OCH3 is 3. The van der Waals surface area contributed by atoms with Crippen LogP contribution in [0.3, 0.4) is 0 Å². The number of rotatable bonds is 7. The fourth-order valence-electron chi connectivity index (χ4n) is 12.0. The SMILES string of the molecule is CO[C@H]1C[C@@H]2CC[C@@H](C)[C@@](O)(O2)C(=O)C(=O)N2CCCCC2C(=O)O[C@H]([C@H](C)C[C@@H]2CC[C@@H](O)[C@H](OC)C2)CC(=O)[C@H](C)/C=C(\C)[C@@H](O)[C@@H](OC)C(=O)[C@H](C)C[C@H](C)C2C=CC(C=C1C)ON2c1ccc(Cl)c(C)c1. The second-order valence-electron chi connectivity index (χ2n) is 22.5. The molecule has 17 heteroatoms. The van der Waals surface area contributed by atoms with E-state index >= 15 is 0 Å². The number of piperidine rings is 1. The molecular weight excluding hydrogens is 984 g/mol. The maximum atomic E-state index is 14.5. The van der Waals surface area contributed by atoms with Gasteiger partial charge in [0.2, 0.25) is 5.79 Å². The molecule has 0 spiro atoms. The van der Waals surface area contributed by atoms with Crippen LogP contribution in [-0.2, 0) is 52.5 Å². The first-order valence-electron chi connectivity index (χ1n) is 27.3. The van der Waals surface area contributed by atoms with Crippen molar-refractivity contribution in [1.29, 1.82) is 0 Å². The number of hydrogen-bond acceptors (Lipinski definition) is 15. The number of amides is 1. The number of nitrogens with zero attached hydrogens (tertiary/aromatic N) is 2. The molecule has 16 nitrogen and oxygen atoms in total. The van der Waals surface area contributed by atoms with E-state index in [9.17, 15) is 39.3 Å². The van der Waals surface area contributed by atoms with Crippen molar-refractivity contribution in [2.45, 2.75) is 199 Å². The first-order valence-corrected chi connectivity index (χ1v) is 27.6. The number of ketones is 3. The minimum Gasteiger partial charge on any atom is -0.460 e. The average Bonchev–Trinajstić information content (AvgIpc) is 3.39. The summed E-state index contributed by atoms with van der Waals surface area (Å²) in [6.07, 6.45) is 6.19. The van der Waals surface area contributed by atoms with Crippen LogP contribution >= 0.6 is 11.6 Å². The molecule has 4 bridgehead atoms. The molecule has 418 valence electrons. The molecule has 5 heterocycles. The van der Waals surface area contributed by atoms with Crippen molar-refractivity contribution in [2.75, 3.05) is 32.9 Å². The molecule has 1 amide bonds. The van der Waals surface area contributed by atoms with E-state index in [0.29, 0.717) is 68.4 Å². The quantitative estimate of drug-likeness (QED) is 0.135. The lowest BCUT2D eigenvalue weighted by atomic mass is 9.78. The number of Topliss-reactive ketones (excluding diaryl/α,β-unsaturated/α-hetero) is 3. The van der Waals surface area contributed by atoms with Gasteiger partial charge in [-0.2, -0.15) is 0 Å². The van der Waals surface area contributed by atoms with Gasteiger partial charge in [0.25, 0.3) is 11.7 Å². The number of hydroxylamine groups is 1. The van der Waals surface area contributed by atoms with Gasteiger partial charge in [0.15, 0.2) is 5.78 Å². The van der Waals surface area contributed by atoms with Crippen molar-refractivity contribution in [3.63, 3.8) is 0 Å². The molecule has 1 aromatic carbocycles. The largest absolute Gasteiger partial charge is 0.460 e. The fraction of sp³-hybridized carbons (Fsp3) is 0.707. The minimum absolute atomic E-state index is 0.0650. The molecule has 1 saturated carbocycles. The maximum Gasteiger partial charge on any atom is 0.329 e. The van der Waals surface area contributed by atoms with Gasteiger partial charge in [-0.25, -0.2) is 9.86 Å². The summed E-state index contributed by atoms with van der Waals surface area (Å²) in [7, 11) is 4.51. The molecule has 5 aliphatic heterocycles. The first-order chi connectivity index (χ1) is 35.5. The number of allylic oxidation sites excluding steroid dienone is 1. The van der Waals surface area contributed by atoms with Gasteiger partial charge >= 0.3 is 5.97 Å². The third kappa shape index (κ3) is 14.5. The summed E-state index contributed by atoms with van der Waals surface area (Å²) in [4.78, 5) is 79.9. The van der Waals surface area contributed by atoms with E-state index < -0.39 is 90.0 Å². The smallest absolute Gasteiger partial charge is 0.329 e. The Kier molecular flexibility index (Phi) is 21.5. The molecule has 17 atom stereocenters. The van der Waals surface area contributed by atoms with Crippen LogP contribution in [0.1, 0.15) is 131 Å². The van der Waals surface area contributed by atoms with Crippen molar-refractivity contribution < 1.29 is 67.8 Å². The van der Waals surface area contributed by atoms with Gasteiger partial charge in [-0.1, -0.05) is 64.4 Å². The normalized spacial score (nSPS) is 37.9. The maximum absolute atomic E-state index is 14.5. The number of benzene rings is 1. The fourth-order valence-corrected chi connectivity index (χ4v) is 12.1. The predicted octanol–water partition coefficient (Wildman–Crippen LogP) is 7.78. The van der Waals surface area contributed by atoms with Crippen LogP contribution in [0.25, 0.3) is 0 Å². The lowest BCUT2D eigenvalue weighted by Crippen LogP contribution is -2.61. The highest BCUT2D eigenvalue weighted by Crippen LogP contribution is 2.39. The number of aliphatic hydroxyl groups excluding tert-OH is 2. The zero-order valence-electron chi connectivity index (χ0n) is 46.1. The number of halogens is 1. The van der Waals surface area contributed by atoms with Crippen LogP contribution in [0.5, 0.6) is 0 Å². The molecule has 3 fully saturated rings. The van der Waals surface area contributed by atoms with Crippen molar-refractivity contribution in [3.05, 3.63) is 64.2 Å². The minimum atomic E-state index is -2.49. The first kappa shape index (κ1) is 60.4. The Hall–Kier alpha value is -3.84. The van der Waals surface area contributed by atoms with Crippen molar-refractivity contribution in [1.82, 2.24) is 4.90 Å². The van der Waals surface area contributed by atoms with E-state index in [4.69, 9.17) is 40.1 Å². The standard InChI is InChI=1S/C58H85ClN2O14/c1-32-27-41(17-20-44(32)59)61-45-21-19-43(75-61)28-36(5)49(70-9)30-42-18-15-39(8)58(69,74-42)55(66)56(67)60-23-13-12-14-46(60)57(68)73-50(35(4)26-40-16-22-47(62)51(29-40)71-10)31-48(63)34(3)25-38(7)53(65)54(72-11)52(64)37(6)24-33(45)2/h17,19-21,25,27-28,33-35,37,39-40,42-43,45-47,49-51,53-54,62,65,69H,12-16,18,22-24,26,29-31H2,1-11H3/b36-28?,38-25+/t33-,34+,35+,37+,39+,40-,42-,43?,45?,46?,47+,49-,50-,51+,53+,54-,58+/m0/s1. The van der Waals surface area contributed by atoms with Gasteiger partial charge < -0.3 is 43.9 Å². The zero-order valence-corrected chi connectivity index (χ0v) is 46.8. The number of aryl methyl sites for hydroxylation is 1. The zero-order chi connectivity index (χ0) is 55.1. The van der Waals surface area contributed by atoms with E-state index in [2.05, 4.69) is 6.08 Å². The van der Waals surface area contributed by atoms with Gasteiger partial charge in [-0.15, -0.1) is 0 Å². The monoisotopic (exact) mass is 1070 g/mol. The number of esters is 1. The van der Waals surface area contributed by atoms with Crippen LogP contribution < -0.4 is 5.06 Å². The van der Waals surface area contributed by atoms with Gasteiger partial charge in [0.05, 0.1) is 36.1 Å². The Balaban J connectivity index is 1.36. The summed E-state index contributed by atoms with van der Waals surface area (Å²) in [5, 5.41) is 36.9. The summed E-state index contributed by atoms with van der Waals surface area (Å²) < 4.78 is 29.9. The van der Waals surface area contributed by atoms with Crippen molar-refractivity contribution in [2.24, 2.45) is 35.5 Å². The molecule has 75 heavy (non-hydrogen) atoms. The molecular formula is C58H85ClN2O14. The Morgan fingerprint density at radius 2 is 1.59 bits per heavy atom. The summed E-state index contributed by atoms with van der Waals surface area (Å²) in [5.74, 6) is -8.58. The van der Waals surface area contributed by atoms with E-state index in [1.165, 1.54) is 12.0 Å². The molecule has 6 aliphatic rings. The van der Waals surface area contributed by atoms with Gasteiger partial charge in [-0.05, 0) is 144 Å². The third-order valence-electron chi connectivity index (χ3n) is 16.9. The number of anilines is 1. The number of carbonyl (C=O) groups excluding carboxylic acids is 5. The van der Waals surface area contributed by atoms with E-state index in [0.717, 1.165) is 16.8 Å². The third-order valence-corrected chi connectivity index (χ3v) is 17.3. The number of fused-ring (bicyclic) bond motifs is 16. The van der Waals surface area contributed by atoms with Crippen LogP contribution in [0, 0.1) is 42.4 Å². The predicted molar refractivity (Wildman–Crippen MR) is 283 cm³/mol. The second-order valence-corrected chi connectivity index (χ2v) is 22.9. The highest BCUT2D eigenvalue weighted by molar-refractivity contribution is 6.39. The Labute approximate surface area is 449 Å². The molecule has 0 radical (unpaired) electrons. The topological polar surface area (TPSA) is 208 Å². The summed E-state index contributed by atoms with van der Waals surface area (Å²) in [5.41, 5.74) is 2.76. The Bertz CT molecular complexity index is 2270. The Morgan fingerprint density at radius 3 is 2.27 bits per heavy atom. The lowest BCUT2D eigenvalue weighted by Gasteiger charge is -2.43. The van der Waals surface area contributed by atoms with E-state index in [-0.39, 0.29) is 67.3 Å². The number of ether oxygens (including phenoxy) is 5. The van der Waals surface area contributed by atoms with Crippen LogP contribution in [0.4, 0.5) is 5.69 Å². The van der Waals surface area contributed by atoms with Crippen LogP contribution in [0.2, 0.25) is 5.02 Å². The molecule has 3 N–H and O–H groups in total. The molecule has 1 aliphatic carbocycles. The number of aliphatic hydroxyl groups is 3. The Morgan fingerprint density at radius 1 is 0.853 bits per heavy atom. The van der Waals surface area contributed by atoms with E-state index in [1.807, 2.05) is 70.0 Å². The van der Waals surface area contributed by atoms with Crippen LogP contribution in [0.15, 0.2) is 53.6 Å².